The van der Waals surface area contributed by atoms with E-state index in [2.05, 4.69) is 167 Å². The Bertz CT molecular complexity index is 4140. The van der Waals surface area contributed by atoms with Crippen molar-refractivity contribution in [3.8, 4) is 45.5 Å². The molecular weight excluding hydrogens is 803 g/mol. The lowest BCUT2D eigenvalue weighted by atomic mass is 10.0. The molecule has 0 saturated heterocycles. The Morgan fingerprint density at radius 1 is 0.375 bits per heavy atom. The van der Waals surface area contributed by atoms with E-state index >= 15 is 0 Å². The minimum atomic E-state index is 0.569. The monoisotopic (exact) mass is 835 g/mol. The van der Waals surface area contributed by atoms with Crippen molar-refractivity contribution in [1.82, 2.24) is 24.1 Å². The summed E-state index contributed by atoms with van der Waals surface area (Å²) < 4.78 is 13.7. The van der Waals surface area contributed by atoms with Crippen LogP contribution < -0.4 is 0 Å². The molecule has 64 heavy (non-hydrogen) atoms. The van der Waals surface area contributed by atoms with E-state index in [-0.39, 0.29) is 0 Å². The van der Waals surface area contributed by atoms with E-state index in [1.807, 2.05) is 42.5 Å². The SMILES string of the molecule is c1ccc(-c2nc(-c3cccc4c3oc3ccccc34)nc(-c3cccc4c3sc3ccc5c(c6ccc(-n7c8ccccc8c8ccccc87)cc6n5-c5ccccc5)c34)n2)cc1. The predicted molar refractivity (Wildman–Crippen MR) is 265 cm³/mol. The summed E-state index contributed by atoms with van der Waals surface area (Å²) in [5.41, 5.74) is 11.2. The average Bonchev–Trinajstić information content (AvgIpc) is 4.12. The first-order valence-electron chi connectivity index (χ1n) is 21.4. The maximum atomic E-state index is 6.51. The largest absolute Gasteiger partial charge is 0.455 e. The van der Waals surface area contributed by atoms with E-state index in [0.717, 1.165) is 65.7 Å². The number of para-hydroxylation sites is 5. The summed E-state index contributed by atoms with van der Waals surface area (Å²) in [5, 5.41) is 9.42. The molecule has 0 spiro atoms. The van der Waals surface area contributed by atoms with Crippen molar-refractivity contribution in [2.75, 3.05) is 0 Å². The van der Waals surface area contributed by atoms with Crippen LogP contribution in [0.3, 0.4) is 0 Å². The molecule has 14 aromatic rings. The first kappa shape index (κ1) is 35.2. The Hall–Kier alpha value is -8.39. The zero-order chi connectivity index (χ0) is 41.9. The summed E-state index contributed by atoms with van der Waals surface area (Å²) in [4.78, 5) is 15.6. The van der Waals surface area contributed by atoms with Gasteiger partial charge in [0.2, 0.25) is 0 Å². The van der Waals surface area contributed by atoms with E-state index < -0.39 is 0 Å². The van der Waals surface area contributed by atoms with Gasteiger partial charge in [0.05, 0.1) is 27.6 Å². The molecule has 0 saturated carbocycles. The van der Waals surface area contributed by atoms with E-state index in [1.54, 1.807) is 11.3 Å². The average molecular weight is 836 g/mol. The molecule has 0 fully saturated rings. The number of nitrogens with zero attached hydrogens (tertiary/aromatic N) is 5. The van der Waals surface area contributed by atoms with Crippen LogP contribution in [0.25, 0.3) is 131 Å². The van der Waals surface area contributed by atoms with Gasteiger partial charge in [0, 0.05) is 75.0 Å². The molecule has 7 heteroatoms. The molecule has 0 unspecified atom stereocenters. The van der Waals surface area contributed by atoms with Gasteiger partial charge in [0.15, 0.2) is 17.5 Å². The summed E-state index contributed by atoms with van der Waals surface area (Å²) in [6, 6.07) is 70.8. The van der Waals surface area contributed by atoms with Crippen LogP contribution in [0.1, 0.15) is 0 Å². The number of benzene rings is 9. The second kappa shape index (κ2) is 13.6. The fourth-order valence-electron chi connectivity index (χ4n) is 10.0. The highest BCUT2D eigenvalue weighted by molar-refractivity contribution is 7.26. The minimum Gasteiger partial charge on any atom is -0.455 e. The molecule has 14 rings (SSSR count). The normalized spacial score (nSPS) is 12.1. The van der Waals surface area contributed by atoms with Crippen molar-refractivity contribution in [3.63, 3.8) is 0 Å². The Morgan fingerprint density at radius 3 is 1.77 bits per heavy atom. The van der Waals surface area contributed by atoms with Crippen LogP contribution in [0.15, 0.2) is 205 Å². The van der Waals surface area contributed by atoms with E-state index in [4.69, 9.17) is 19.4 Å². The number of thiophene rings is 1. The number of furan rings is 1. The maximum Gasteiger partial charge on any atom is 0.167 e. The molecule has 0 atom stereocenters. The number of hydrogen-bond donors (Lipinski definition) is 0. The molecule has 0 aliphatic rings. The van der Waals surface area contributed by atoms with Crippen LogP contribution in [0.2, 0.25) is 0 Å². The van der Waals surface area contributed by atoms with Crippen LogP contribution in [0.4, 0.5) is 0 Å². The van der Waals surface area contributed by atoms with Gasteiger partial charge in [-0.15, -0.1) is 11.3 Å². The number of hydrogen-bond acceptors (Lipinski definition) is 5. The van der Waals surface area contributed by atoms with Crippen LogP contribution in [-0.4, -0.2) is 24.1 Å². The standard InChI is InChI=1S/C57H33N5OS/c1-3-15-34(16-4-1)55-58-56(43-24-13-22-40-39-21-9-12-28-49(39)63-53(40)43)60-57(59-55)44-25-14-23-42-52-50(64-54(42)44)32-31-47-51(52)41-30-29-36(33-48(41)61(47)35-17-5-2-6-18-35)62-45-26-10-7-19-37(45)38-20-8-11-27-46(38)62/h1-33H. The highest BCUT2D eigenvalue weighted by Gasteiger charge is 2.23. The molecule has 6 nitrogen and oxygen atoms in total. The van der Waals surface area contributed by atoms with Crippen LogP contribution in [0.5, 0.6) is 0 Å². The third-order valence-electron chi connectivity index (χ3n) is 12.8. The fraction of sp³-hybridized carbons (Fsp3) is 0. The van der Waals surface area contributed by atoms with E-state index in [9.17, 15) is 0 Å². The smallest absolute Gasteiger partial charge is 0.167 e. The second-order valence-electron chi connectivity index (χ2n) is 16.3. The molecule has 0 aliphatic carbocycles. The predicted octanol–water partition coefficient (Wildman–Crippen LogP) is 15.3. The van der Waals surface area contributed by atoms with Gasteiger partial charge < -0.3 is 13.6 Å². The van der Waals surface area contributed by atoms with Crippen LogP contribution in [0, 0.1) is 0 Å². The Labute approximate surface area is 369 Å². The molecular formula is C57H33N5OS. The van der Waals surface area contributed by atoms with Crippen molar-refractivity contribution >= 4 is 97.1 Å². The molecule has 298 valence electrons. The molecule has 0 N–H and O–H groups in total. The molecule has 9 aromatic carbocycles. The van der Waals surface area contributed by atoms with Crippen molar-refractivity contribution < 1.29 is 4.42 Å². The molecule has 0 aliphatic heterocycles. The lowest BCUT2D eigenvalue weighted by Gasteiger charge is -2.11. The lowest BCUT2D eigenvalue weighted by molar-refractivity contribution is 0.669. The maximum absolute atomic E-state index is 6.51. The Kier molecular flexibility index (Phi) is 7.46. The zero-order valence-corrected chi connectivity index (χ0v) is 34.9. The first-order chi connectivity index (χ1) is 31.7. The fourth-order valence-corrected chi connectivity index (χ4v) is 11.2. The number of rotatable bonds is 5. The molecule has 5 aromatic heterocycles. The third-order valence-corrected chi connectivity index (χ3v) is 14.0. The van der Waals surface area contributed by atoms with E-state index in [0.29, 0.717) is 17.5 Å². The van der Waals surface area contributed by atoms with E-state index in [1.165, 1.54) is 48.1 Å². The van der Waals surface area contributed by atoms with Crippen molar-refractivity contribution in [1.29, 1.82) is 0 Å². The second-order valence-corrected chi connectivity index (χ2v) is 17.4. The van der Waals surface area contributed by atoms with Gasteiger partial charge in [-0.1, -0.05) is 133 Å². The van der Waals surface area contributed by atoms with Gasteiger partial charge in [-0.25, -0.2) is 15.0 Å². The van der Waals surface area contributed by atoms with Crippen LogP contribution >= 0.6 is 11.3 Å². The molecule has 0 bridgehead atoms. The van der Waals surface area contributed by atoms with Crippen molar-refractivity contribution in [3.05, 3.63) is 200 Å². The van der Waals surface area contributed by atoms with Gasteiger partial charge in [-0.3, -0.25) is 0 Å². The van der Waals surface area contributed by atoms with Gasteiger partial charge in [0.25, 0.3) is 0 Å². The van der Waals surface area contributed by atoms with Gasteiger partial charge in [0.1, 0.15) is 11.2 Å². The zero-order valence-electron chi connectivity index (χ0n) is 34.1. The van der Waals surface area contributed by atoms with Gasteiger partial charge >= 0.3 is 0 Å². The van der Waals surface area contributed by atoms with Gasteiger partial charge in [-0.2, -0.15) is 0 Å². The van der Waals surface area contributed by atoms with Crippen molar-refractivity contribution in [2.45, 2.75) is 0 Å². The topological polar surface area (TPSA) is 61.7 Å². The van der Waals surface area contributed by atoms with Crippen LogP contribution in [-0.2, 0) is 0 Å². The molecule has 0 radical (unpaired) electrons. The highest BCUT2D eigenvalue weighted by atomic mass is 32.1. The minimum absolute atomic E-state index is 0.569. The first-order valence-corrected chi connectivity index (χ1v) is 22.3. The van der Waals surface area contributed by atoms with Gasteiger partial charge in [-0.05, 0) is 66.7 Å². The third kappa shape index (κ3) is 5.10. The lowest BCUT2D eigenvalue weighted by Crippen LogP contribution is -2.00. The summed E-state index contributed by atoms with van der Waals surface area (Å²) in [6.07, 6.45) is 0. The Balaban J connectivity index is 1.02. The molecule has 5 heterocycles. The summed E-state index contributed by atoms with van der Waals surface area (Å²) in [6.45, 7) is 0. The summed E-state index contributed by atoms with van der Waals surface area (Å²) in [7, 11) is 0. The highest BCUT2D eigenvalue weighted by Crippen LogP contribution is 2.47. The summed E-state index contributed by atoms with van der Waals surface area (Å²) >= 11 is 1.79. The number of fused-ring (bicyclic) bond motifs is 13. The number of aromatic nitrogens is 5. The quantitative estimate of drug-likeness (QED) is 0.173. The van der Waals surface area contributed by atoms with Crippen molar-refractivity contribution in [2.24, 2.45) is 0 Å². The summed E-state index contributed by atoms with van der Waals surface area (Å²) in [5.74, 6) is 1.80. The molecule has 0 amide bonds. The Morgan fingerprint density at radius 2 is 0.984 bits per heavy atom.